The molecule has 0 spiro atoms. The summed E-state index contributed by atoms with van der Waals surface area (Å²) in [4.78, 5) is 16.9. The van der Waals surface area contributed by atoms with Crippen LogP contribution in [0.15, 0.2) is 65.4 Å². The molecule has 1 aliphatic heterocycles. The molecule has 1 saturated heterocycles. The third-order valence-corrected chi connectivity index (χ3v) is 5.85. The van der Waals surface area contributed by atoms with Crippen molar-refractivity contribution in [2.45, 2.75) is 0 Å². The number of piperazine rings is 1. The summed E-state index contributed by atoms with van der Waals surface area (Å²) < 4.78 is 0. The first-order chi connectivity index (χ1) is 13.7. The standard InChI is InChI=1S/C22H22ClN3OS/c23-19-2-1-3-21(14-19)26-11-9-25(10-12-26)15-22(27)24-20-6-4-17(5-7-20)18-8-13-28-16-18/h1-8,13-14,16H,9-12,15H2,(H,24,27). The number of nitrogens with zero attached hydrogens (tertiary/aromatic N) is 2. The van der Waals surface area contributed by atoms with Crippen LogP contribution in [0.25, 0.3) is 11.1 Å². The maximum absolute atomic E-state index is 12.4. The lowest BCUT2D eigenvalue weighted by Crippen LogP contribution is -2.48. The molecule has 1 N–H and O–H groups in total. The van der Waals surface area contributed by atoms with Crippen molar-refractivity contribution in [2.75, 3.05) is 42.9 Å². The monoisotopic (exact) mass is 411 g/mol. The molecule has 0 radical (unpaired) electrons. The topological polar surface area (TPSA) is 35.6 Å². The maximum atomic E-state index is 12.4. The van der Waals surface area contributed by atoms with E-state index in [1.807, 2.05) is 42.5 Å². The summed E-state index contributed by atoms with van der Waals surface area (Å²) in [6, 6.07) is 18.0. The number of amides is 1. The number of nitrogens with one attached hydrogen (secondary N) is 1. The summed E-state index contributed by atoms with van der Waals surface area (Å²) in [5.41, 5.74) is 4.35. The van der Waals surface area contributed by atoms with Gasteiger partial charge in [-0.05, 0) is 58.3 Å². The van der Waals surface area contributed by atoms with Gasteiger partial charge in [-0.25, -0.2) is 0 Å². The van der Waals surface area contributed by atoms with Crippen molar-refractivity contribution in [2.24, 2.45) is 0 Å². The van der Waals surface area contributed by atoms with E-state index >= 15 is 0 Å². The summed E-state index contributed by atoms with van der Waals surface area (Å²) in [5.74, 6) is 0.0273. The Morgan fingerprint density at radius 2 is 1.79 bits per heavy atom. The molecule has 1 aromatic heterocycles. The lowest BCUT2D eigenvalue weighted by molar-refractivity contribution is -0.117. The van der Waals surface area contributed by atoms with Gasteiger partial charge < -0.3 is 10.2 Å². The molecule has 28 heavy (non-hydrogen) atoms. The predicted octanol–water partition coefficient (Wildman–Crippen LogP) is 4.83. The molecule has 4 nitrogen and oxygen atoms in total. The fourth-order valence-corrected chi connectivity index (χ4v) is 4.26. The third-order valence-electron chi connectivity index (χ3n) is 4.94. The Balaban J connectivity index is 1.27. The Bertz CT molecular complexity index is 919. The molecule has 144 valence electrons. The van der Waals surface area contributed by atoms with Crippen LogP contribution in [0, 0.1) is 0 Å². The van der Waals surface area contributed by atoms with E-state index in [0.29, 0.717) is 6.54 Å². The Hall–Kier alpha value is -2.34. The zero-order valence-electron chi connectivity index (χ0n) is 15.5. The van der Waals surface area contributed by atoms with Crippen molar-refractivity contribution < 1.29 is 4.79 Å². The highest BCUT2D eigenvalue weighted by atomic mass is 35.5. The minimum atomic E-state index is 0.0273. The fraction of sp³-hybridized carbons (Fsp3) is 0.227. The number of thiophene rings is 1. The van der Waals surface area contributed by atoms with Crippen molar-refractivity contribution in [1.82, 2.24) is 4.90 Å². The molecule has 2 heterocycles. The van der Waals surface area contributed by atoms with Gasteiger partial charge in [0.2, 0.25) is 5.91 Å². The molecule has 1 amide bonds. The Kier molecular flexibility index (Phi) is 5.95. The molecule has 1 aliphatic rings. The molecule has 4 rings (SSSR count). The average molecular weight is 412 g/mol. The first kappa shape index (κ1) is 19.0. The van der Waals surface area contributed by atoms with E-state index in [9.17, 15) is 4.79 Å². The minimum Gasteiger partial charge on any atom is -0.369 e. The van der Waals surface area contributed by atoms with Crippen molar-refractivity contribution in [1.29, 1.82) is 0 Å². The molecule has 0 unspecified atom stereocenters. The van der Waals surface area contributed by atoms with Gasteiger partial charge >= 0.3 is 0 Å². The lowest BCUT2D eigenvalue weighted by Gasteiger charge is -2.35. The second-order valence-corrected chi connectivity index (χ2v) is 8.10. The van der Waals surface area contributed by atoms with E-state index in [-0.39, 0.29) is 5.91 Å². The predicted molar refractivity (Wildman–Crippen MR) is 118 cm³/mol. The number of carbonyl (C=O) groups is 1. The Morgan fingerprint density at radius 1 is 1.00 bits per heavy atom. The minimum absolute atomic E-state index is 0.0273. The van der Waals surface area contributed by atoms with Crippen LogP contribution in [0.3, 0.4) is 0 Å². The summed E-state index contributed by atoms with van der Waals surface area (Å²) in [6.07, 6.45) is 0. The molecule has 0 bridgehead atoms. The highest BCUT2D eigenvalue weighted by Crippen LogP contribution is 2.24. The summed E-state index contributed by atoms with van der Waals surface area (Å²) in [6.45, 7) is 3.91. The van der Waals surface area contributed by atoms with Crippen LogP contribution in [-0.4, -0.2) is 43.5 Å². The zero-order valence-corrected chi connectivity index (χ0v) is 17.0. The Labute approximate surface area is 174 Å². The first-order valence-electron chi connectivity index (χ1n) is 9.33. The summed E-state index contributed by atoms with van der Waals surface area (Å²) >= 11 is 7.77. The largest absolute Gasteiger partial charge is 0.369 e. The van der Waals surface area contributed by atoms with Crippen molar-refractivity contribution >= 4 is 40.2 Å². The van der Waals surface area contributed by atoms with Crippen LogP contribution in [-0.2, 0) is 4.79 Å². The Morgan fingerprint density at radius 3 is 2.46 bits per heavy atom. The van der Waals surface area contributed by atoms with E-state index in [2.05, 4.69) is 38.0 Å². The van der Waals surface area contributed by atoms with Gasteiger partial charge in [0.05, 0.1) is 6.54 Å². The van der Waals surface area contributed by atoms with Crippen LogP contribution in [0.2, 0.25) is 5.02 Å². The molecule has 0 aliphatic carbocycles. The van der Waals surface area contributed by atoms with Gasteiger partial charge in [0.15, 0.2) is 0 Å². The van der Waals surface area contributed by atoms with Gasteiger partial charge in [-0.2, -0.15) is 11.3 Å². The average Bonchev–Trinajstić information content (AvgIpc) is 3.24. The number of benzene rings is 2. The van der Waals surface area contributed by atoms with Gasteiger partial charge in [0.25, 0.3) is 0 Å². The van der Waals surface area contributed by atoms with Crippen LogP contribution in [0.4, 0.5) is 11.4 Å². The number of carbonyl (C=O) groups excluding carboxylic acids is 1. The molecule has 0 atom stereocenters. The van der Waals surface area contributed by atoms with Gasteiger partial charge in [-0.3, -0.25) is 9.69 Å². The fourth-order valence-electron chi connectivity index (χ4n) is 3.42. The number of halogens is 1. The van der Waals surface area contributed by atoms with E-state index < -0.39 is 0 Å². The number of hydrogen-bond donors (Lipinski definition) is 1. The maximum Gasteiger partial charge on any atom is 0.238 e. The molecule has 6 heteroatoms. The van der Waals surface area contributed by atoms with E-state index in [1.165, 1.54) is 5.56 Å². The molecule has 1 fully saturated rings. The normalized spacial score (nSPS) is 14.8. The molecule has 0 saturated carbocycles. The molecule has 3 aromatic rings. The highest BCUT2D eigenvalue weighted by molar-refractivity contribution is 7.08. The summed E-state index contributed by atoms with van der Waals surface area (Å²) in [7, 11) is 0. The highest BCUT2D eigenvalue weighted by Gasteiger charge is 2.19. The van der Waals surface area contributed by atoms with E-state index in [1.54, 1.807) is 11.3 Å². The van der Waals surface area contributed by atoms with Crippen LogP contribution in [0.5, 0.6) is 0 Å². The van der Waals surface area contributed by atoms with Crippen molar-refractivity contribution in [3.63, 3.8) is 0 Å². The molecular formula is C22H22ClN3OS. The number of rotatable bonds is 5. The van der Waals surface area contributed by atoms with Gasteiger partial charge in [-0.15, -0.1) is 0 Å². The van der Waals surface area contributed by atoms with E-state index in [0.717, 1.165) is 48.1 Å². The van der Waals surface area contributed by atoms with Crippen LogP contribution < -0.4 is 10.2 Å². The van der Waals surface area contributed by atoms with Crippen molar-refractivity contribution in [3.05, 3.63) is 70.4 Å². The third kappa shape index (κ3) is 4.73. The van der Waals surface area contributed by atoms with Crippen LogP contribution >= 0.6 is 22.9 Å². The molecule has 2 aromatic carbocycles. The molecular weight excluding hydrogens is 390 g/mol. The zero-order chi connectivity index (χ0) is 19.3. The van der Waals surface area contributed by atoms with E-state index in [4.69, 9.17) is 11.6 Å². The SMILES string of the molecule is O=C(CN1CCN(c2cccc(Cl)c2)CC1)Nc1ccc(-c2ccsc2)cc1. The second-order valence-electron chi connectivity index (χ2n) is 6.88. The second kappa shape index (κ2) is 8.78. The lowest BCUT2D eigenvalue weighted by atomic mass is 10.1. The summed E-state index contributed by atoms with van der Waals surface area (Å²) in [5, 5.41) is 7.95. The number of anilines is 2. The van der Waals surface area contributed by atoms with Crippen molar-refractivity contribution in [3.8, 4) is 11.1 Å². The van der Waals surface area contributed by atoms with Gasteiger partial charge in [-0.1, -0.05) is 29.8 Å². The van der Waals surface area contributed by atoms with Crippen LogP contribution in [0.1, 0.15) is 0 Å². The quantitative estimate of drug-likeness (QED) is 0.653. The number of hydrogen-bond acceptors (Lipinski definition) is 4. The smallest absolute Gasteiger partial charge is 0.238 e. The van der Waals surface area contributed by atoms with Gasteiger partial charge in [0.1, 0.15) is 0 Å². The first-order valence-corrected chi connectivity index (χ1v) is 10.6. The van der Waals surface area contributed by atoms with Gasteiger partial charge in [0, 0.05) is 42.6 Å².